The van der Waals surface area contributed by atoms with E-state index in [0.717, 1.165) is 5.56 Å². The van der Waals surface area contributed by atoms with Crippen LogP contribution in [0.15, 0.2) is 24.3 Å². The fourth-order valence-corrected chi connectivity index (χ4v) is 3.27. The van der Waals surface area contributed by atoms with Crippen molar-refractivity contribution in [2.24, 2.45) is 11.8 Å². The topological polar surface area (TPSA) is 99.1 Å². The van der Waals surface area contributed by atoms with Crippen molar-refractivity contribution in [2.75, 3.05) is 6.61 Å². The highest BCUT2D eigenvalue weighted by Crippen LogP contribution is 2.27. The van der Waals surface area contributed by atoms with Crippen molar-refractivity contribution in [3.05, 3.63) is 29.8 Å². The quantitative estimate of drug-likeness (QED) is 0.291. The average molecular weight is 465 g/mol. The minimum Gasteiger partial charge on any atom is -0.508 e. The van der Waals surface area contributed by atoms with Crippen LogP contribution in [0, 0.1) is 11.8 Å². The lowest BCUT2D eigenvalue weighted by atomic mass is 9.89. The Balaban J connectivity index is 2.75. The number of phenols is 1. The normalized spacial score (nSPS) is 13.8. The first-order valence-corrected chi connectivity index (χ1v) is 11.5. The number of rotatable bonds is 10. The number of hydrogen-bond donors (Lipinski definition) is 1. The predicted octanol–water partition coefficient (Wildman–Crippen LogP) is 5.14. The highest BCUT2D eigenvalue weighted by molar-refractivity contribution is 5.95. The fraction of sp³-hybridized carbons (Fsp3) is 0.654. The van der Waals surface area contributed by atoms with Crippen LogP contribution < -0.4 is 0 Å². The molecule has 0 aliphatic heterocycles. The number of carbonyl (C=O) groups excluding carboxylic acids is 3. The molecule has 0 radical (unpaired) electrons. The average Bonchev–Trinajstić information content (AvgIpc) is 2.66. The maximum atomic E-state index is 12.7. The maximum absolute atomic E-state index is 12.7. The van der Waals surface area contributed by atoms with E-state index in [0.29, 0.717) is 12.8 Å². The van der Waals surface area contributed by atoms with Crippen molar-refractivity contribution >= 4 is 17.9 Å². The van der Waals surface area contributed by atoms with Crippen LogP contribution >= 0.6 is 0 Å². The third kappa shape index (κ3) is 10.7. The van der Waals surface area contributed by atoms with Gasteiger partial charge in [0.1, 0.15) is 17.0 Å². The zero-order chi connectivity index (χ0) is 25.4. The summed E-state index contributed by atoms with van der Waals surface area (Å²) in [4.78, 5) is 37.9. The van der Waals surface area contributed by atoms with E-state index in [9.17, 15) is 19.5 Å². The van der Waals surface area contributed by atoms with Gasteiger partial charge < -0.3 is 19.3 Å². The van der Waals surface area contributed by atoms with Gasteiger partial charge in [0.15, 0.2) is 5.92 Å². The van der Waals surface area contributed by atoms with Crippen LogP contribution in [0.1, 0.15) is 86.1 Å². The Hall–Kier alpha value is -2.57. The van der Waals surface area contributed by atoms with E-state index < -0.39 is 29.1 Å². The van der Waals surface area contributed by atoms with Gasteiger partial charge in [-0.15, -0.1) is 0 Å². The molecule has 0 saturated carbocycles. The Kier molecular flexibility index (Phi) is 10.4. The Morgan fingerprint density at radius 2 is 1.36 bits per heavy atom. The molecule has 33 heavy (non-hydrogen) atoms. The molecule has 0 aliphatic rings. The van der Waals surface area contributed by atoms with Crippen LogP contribution in [-0.4, -0.2) is 40.8 Å². The molecular formula is C26H40O7. The van der Waals surface area contributed by atoms with Gasteiger partial charge in [-0.1, -0.05) is 26.0 Å². The third-order valence-corrected chi connectivity index (χ3v) is 4.96. The Bertz CT molecular complexity index is 756. The summed E-state index contributed by atoms with van der Waals surface area (Å²) in [6, 6.07) is 6.92. The smallest absolute Gasteiger partial charge is 0.320 e. The maximum Gasteiger partial charge on any atom is 0.320 e. The summed E-state index contributed by atoms with van der Waals surface area (Å²) in [6.07, 6.45) is 1.17. The van der Waals surface area contributed by atoms with Gasteiger partial charge in [-0.3, -0.25) is 14.4 Å². The molecule has 1 rings (SSSR count). The van der Waals surface area contributed by atoms with Crippen LogP contribution in [-0.2, 0) is 28.6 Å². The molecule has 2 atom stereocenters. The molecular weight excluding hydrogens is 424 g/mol. The van der Waals surface area contributed by atoms with Gasteiger partial charge in [0.05, 0.1) is 12.5 Å². The molecule has 1 aromatic rings. The molecule has 0 heterocycles. The van der Waals surface area contributed by atoms with Crippen LogP contribution in [0.5, 0.6) is 5.75 Å². The van der Waals surface area contributed by atoms with Gasteiger partial charge in [-0.2, -0.15) is 0 Å². The van der Waals surface area contributed by atoms with E-state index >= 15 is 0 Å². The molecule has 0 aliphatic carbocycles. The number of ether oxygens (including phenoxy) is 3. The van der Waals surface area contributed by atoms with Crippen molar-refractivity contribution in [3.63, 3.8) is 0 Å². The van der Waals surface area contributed by atoms with Crippen molar-refractivity contribution in [1.29, 1.82) is 0 Å². The Morgan fingerprint density at radius 3 is 1.79 bits per heavy atom. The second-order valence-electron chi connectivity index (χ2n) is 10.4. The van der Waals surface area contributed by atoms with E-state index in [1.807, 2.05) is 26.0 Å². The zero-order valence-corrected chi connectivity index (χ0v) is 21.3. The van der Waals surface area contributed by atoms with Crippen molar-refractivity contribution in [3.8, 4) is 5.75 Å². The minimum absolute atomic E-state index is 0.0144. The van der Waals surface area contributed by atoms with Gasteiger partial charge in [0.25, 0.3) is 0 Å². The summed E-state index contributed by atoms with van der Waals surface area (Å²) in [5.74, 6) is -2.96. The fourth-order valence-electron chi connectivity index (χ4n) is 3.27. The predicted molar refractivity (Wildman–Crippen MR) is 126 cm³/mol. The number of phenolic OH excluding ortho intramolecular Hbond substituents is 1. The number of benzene rings is 1. The molecule has 0 aromatic heterocycles. The number of esters is 3. The van der Waals surface area contributed by atoms with E-state index in [2.05, 4.69) is 0 Å². The summed E-state index contributed by atoms with van der Waals surface area (Å²) in [6.45, 7) is 14.2. The van der Waals surface area contributed by atoms with Gasteiger partial charge >= 0.3 is 17.9 Å². The first-order chi connectivity index (χ1) is 15.1. The highest BCUT2D eigenvalue weighted by Gasteiger charge is 2.35. The summed E-state index contributed by atoms with van der Waals surface area (Å²) >= 11 is 0. The van der Waals surface area contributed by atoms with Crippen molar-refractivity contribution < 1.29 is 33.7 Å². The van der Waals surface area contributed by atoms with E-state index in [-0.39, 0.29) is 36.6 Å². The second-order valence-corrected chi connectivity index (χ2v) is 10.4. The monoisotopic (exact) mass is 464 g/mol. The molecule has 0 fully saturated rings. The third-order valence-electron chi connectivity index (χ3n) is 4.96. The molecule has 1 N–H and O–H groups in total. The van der Waals surface area contributed by atoms with Crippen LogP contribution in [0.3, 0.4) is 0 Å². The molecule has 7 heteroatoms. The second kappa shape index (κ2) is 12.1. The van der Waals surface area contributed by atoms with E-state index in [4.69, 9.17) is 14.2 Å². The van der Waals surface area contributed by atoms with E-state index in [1.165, 1.54) is 0 Å². The van der Waals surface area contributed by atoms with Crippen LogP contribution in [0.2, 0.25) is 0 Å². The number of aromatic hydroxyl groups is 1. The molecule has 0 saturated heterocycles. The van der Waals surface area contributed by atoms with Crippen LogP contribution in [0.25, 0.3) is 0 Å². The van der Waals surface area contributed by atoms with Crippen molar-refractivity contribution in [1.82, 2.24) is 0 Å². The molecule has 0 spiro atoms. The number of hydrogen-bond acceptors (Lipinski definition) is 7. The Labute approximate surface area is 197 Å². The first kappa shape index (κ1) is 28.5. The molecule has 0 amide bonds. The van der Waals surface area contributed by atoms with Crippen LogP contribution in [0.4, 0.5) is 0 Å². The van der Waals surface area contributed by atoms with Gasteiger partial charge in [-0.25, -0.2) is 0 Å². The number of carbonyl (C=O) groups is 3. The Morgan fingerprint density at radius 1 is 0.879 bits per heavy atom. The summed E-state index contributed by atoms with van der Waals surface area (Å²) in [5, 5.41) is 9.46. The molecule has 2 unspecified atom stereocenters. The molecule has 0 bridgehead atoms. The first-order valence-electron chi connectivity index (χ1n) is 11.5. The zero-order valence-electron chi connectivity index (χ0n) is 21.3. The van der Waals surface area contributed by atoms with Crippen molar-refractivity contribution in [2.45, 2.75) is 91.8 Å². The van der Waals surface area contributed by atoms with Gasteiger partial charge in [0, 0.05) is 6.42 Å². The lowest BCUT2D eigenvalue weighted by molar-refractivity contribution is -0.176. The summed E-state index contributed by atoms with van der Waals surface area (Å²) < 4.78 is 16.2. The van der Waals surface area contributed by atoms with Gasteiger partial charge in [0.2, 0.25) is 0 Å². The summed E-state index contributed by atoms with van der Waals surface area (Å²) in [7, 11) is 0. The summed E-state index contributed by atoms with van der Waals surface area (Å²) in [5.41, 5.74) is -0.494. The molecule has 186 valence electrons. The lowest BCUT2D eigenvalue weighted by Gasteiger charge is -2.26. The highest BCUT2D eigenvalue weighted by atomic mass is 16.6. The van der Waals surface area contributed by atoms with E-state index in [1.54, 1.807) is 53.7 Å². The van der Waals surface area contributed by atoms with Gasteiger partial charge in [-0.05, 0) is 78.0 Å². The SMILES string of the molecule is CCC(CC(C)c1ccc(O)cc1)C(=O)OCCC(C(=O)OC(C)(C)C)C(=O)OC(C)(C)C. The standard InChI is InChI=1S/C26H40O7/c1-9-18(16-17(2)19-10-12-20(27)13-11-19)22(28)31-15-14-21(23(29)32-25(3,4)5)24(30)33-26(6,7)8/h10-13,17-18,21,27H,9,14-16H2,1-8H3. The molecule has 1 aromatic carbocycles. The molecule has 7 nitrogen and oxygen atoms in total. The lowest BCUT2D eigenvalue weighted by Crippen LogP contribution is -2.37. The largest absolute Gasteiger partial charge is 0.508 e. The minimum atomic E-state index is -1.17.